The van der Waals surface area contributed by atoms with Crippen molar-refractivity contribution < 1.29 is 4.39 Å². The van der Waals surface area contributed by atoms with E-state index >= 15 is 0 Å². The molecule has 0 aliphatic carbocycles. The number of anilines is 1. The Morgan fingerprint density at radius 1 is 1.04 bits per heavy atom. The second kappa shape index (κ2) is 7.23. The molecule has 118 valence electrons. The largest absolute Gasteiger partial charge is 0.299 e. The fraction of sp³-hybridized carbons (Fsp3) is 0. The molecule has 24 heavy (non-hydrogen) atoms. The lowest BCUT2D eigenvalue weighted by Crippen LogP contribution is -2.04. The summed E-state index contributed by atoms with van der Waals surface area (Å²) in [6.45, 7) is 0. The zero-order valence-electron chi connectivity index (χ0n) is 12.6. The van der Waals surface area contributed by atoms with Gasteiger partial charge in [0.1, 0.15) is 11.6 Å². The summed E-state index contributed by atoms with van der Waals surface area (Å²) in [6.07, 6.45) is 4.56. The van der Waals surface area contributed by atoms with Crippen LogP contribution in [0.1, 0.15) is 5.56 Å². The maximum Gasteiger partial charge on any atom is 0.146 e. The molecule has 0 radical (unpaired) electrons. The maximum atomic E-state index is 14.3. The van der Waals surface area contributed by atoms with Crippen LogP contribution < -0.4 is 5.43 Å². The third-order valence-corrected chi connectivity index (χ3v) is 3.26. The van der Waals surface area contributed by atoms with Gasteiger partial charge in [-0.3, -0.25) is 15.8 Å². The minimum Gasteiger partial charge on any atom is -0.299 e. The molecule has 0 bridgehead atoms. The van der Waals surface area contributed by atoms with Crippen LogP contribution in [-0.4, -0.2) is 21.9 Å². The molecule has 6 heteroatoms. The van der Waals surface area contributed by atoms with Gasteiger partial charge in [-0.2, -0.15) is 5.10 Å². The van der Waals surface area contributed by atoms with Gasteiger partial charge in [0.15, 0.2) is 0 Å². The minimum atomic E-state index is -0.429. The zero-order chi connectivity index (χ0) is 16.8. The number of halogens is 1. The predicted molar refractivity (Wildman–Crippen MR) is 92.8 cm³/mol. The number of nitrogens with zero attached hydrogens (tertiary/aromatic N) is 3. The lowest BCUT2D eigenvalue weighted by Gasteiger charge is -2.05. The van der Waals surface area contributed by atoms with Gasteiger partial charge in [-0.05, 0) is 36.4 Å². The summed E-state index contributed by atoms with van der Waals surface area (Å²) in [5, 5.41) is 11.9. The number of rotatable bonds is 5. The van der Waals surface area contributed by atoms with Crippen LogP contribution in [0.15, 0.2) is 72.1 Å². The Morgan fingerprint density at radius 3 is 2.50 bits per heavy atom. The van der Waals surface area contributed by atoms with Crippen LogP contribution in [0.4, 0.5) is 10.2 Å². The molecule has 0 aliphatic rings. The molecule has 1 aromatic carbocycles. The Hall–Kier alpha value is -3.41. The first kappa shape index (κ1) is 15.5. The van der Waals surface area contributed by atoms with Crippen LogP contribution in [-0.2, 0) is 0 Å². The molecule has 2 aromatic heterocycles. The highest BCUT2D eigenvalue weighted by Gasteiger charge is 2.08. The van der Waals surface area contributed by atoms with Crippen molar-refractivity contribution in [2.45, 2.75) is 0 Å². The lowest BCUT2D eigenvalue weighted by molar-refractivity contribution is 0.630. The number of hydrogen-bond donors (Lipinski definition) is 2. The van der Waals surface area contributed by atoms with Gasteiger partial charge in [0.05, 0.1) is 17.6 Å². The average Bonchev–Trinajstić information content (AvgIpc) is 2.63. The SMILES string of the molecule is N=C(/C=N\Nc1ccccn1)c1ccc(-c2ccccn2)c(F)c1. The van der Waals surface area contributed by atoms with Gasteiger partial charge < -0.3 is 0 Å². The fourth-order valence-electron chi connectivity index (χ4n) is 2.08. The molecule has 0 unspecified atom stereocenters. The smallest absolute Gasteiger partial charge is 0.146 e. The van der Waals surface area contributed by atoms with Gasteiger partial charge in [-0.25, -0.2) is 9.37 Å². The first-order valence-electron chi connectivity index (χ1n) is 7.24. The molecule has 2 heterocycles. The second-order valence-electron chi connectivity index (χ2n) is 4.91. The summed E-state index contributed by atoms with van der Waals surface area (Å²) in [6, 6.07) is 15.3. The van der Waals surface area contributed by atoms with Crippen molar-refractivity contribution in [3.63, 3.8) is 0 Å². The Balaban J connectivity index is 1.73. The predicted octanol–water partition coefficient (Wildman–Crippen LogP) is 3.75. The van der Waals surface area contributed by atoms with Crippen LogP contribution in [0.3, 0.4) is 0 Å². The van der Waals surface area contributed by atoms with E-state index in [0.29, 0.717) is 22.6 Å². The van der Waals surface area contributed by atoms with Crippen LogP contribution in [0.5, 0.6) is 0 Å². The highest BCUT2D eigenvalue weighted by Crippen LogP contribution is 2.21. The van der Waals surface area contributed by atoms with Crippen LogP contribution in [0.25, 0.3) is 11.3 Å². The maximum absolute atomic E-state index is 14.3. The van der Waals surface area contributed by atoms with Crippen molar-refractivity contribution in [3.05, 3.63) is 78.4 Å². The topological polar surface area (TPSA) is 74.0 Å². The molecule has 0 atom stereocenters. The first-order valence-corrected chi connectivity index (χ1v) is 7.24. The van der Waals surface area contributed by atoms with E-state index in [0.717, 1.165) is 0 Å². The molecule has 5 nitrogen and oxygen atoms in total. The number of benzene rings is 1. The van der Waals surface area contributed by atoms with E-state index in [-0.39, 0.29) is 5.71 Å². The average molecular weight is 319 g/mol. The third kappa shape index (κ3) is 3.67. The molecule has 2 N–H and O–H groups in total. The Morgan fingerprint density at radius 2 is 1.83 bits per heavy atom. The molecule has 0 aliphatic heterocycles. The normalized spacial score (nSPS) is 10.7. The van der Waals surface area contributed by atoms with E-state index in [1.165, 1.54) is 12.3 Å². The van der Waals surface area contributed by atoms with E-state index in [4.69, 9.17) is 5.41 Å². The lowest BCUT2D eigenvalue weighted by atomic mass is 10.0. The molecule has 0 fully saturated rings. The number of nitrogens with one attached hydrogen (secondary N) is 2. The molecule has 3 rings (SSSR count). The highest BCUT2D eigenvalue weighted by atomic mass is 19.1. The summed E-state index contributed by atoms with van der Waals surface area (Å²) in [5.41, 5.74) is 4.18. The minimum absolute atomic E-state index is 0.0879. The Labute approximate surface area is 138 Å². The molecular formula is C18H14FN5. The summed E-state index contributed by atoms with van der Waals surface area (Å²) >= 11 is 0. The van der Waals surface area contributed by atoms with E-state index < -0.39 is 5.82 Å². The summed E-state index contributed by atoms with van der Waals surface area (Å²) in [5.74, 6) is 0.139. The molecule has 0 amide bonds. The molecule has 0 saturated carbocycles. The second-order valence-corrected chi connectivity index (χ2v) is 4.91. The summed E-state index contributed by atoms with van der Waals surface area (Å²) in [4.78, 5) is 8.18. The van der Waals surface area contributed by atoms with E-state index in [1.54, 1.807) is 54.9 Å². The van der Waals surface area contributed by atoms with Crippen LogP contribution >= 0.6 is 0 Å². The van der Waals surface area contributed by atoms with E-state index in [9.17, 15) is 4.39 Å². The van der Waals surface area contributed by atoms with Gasteiger partial charge in [-0.1, -0.05) is 18.2 Å². The highest BCUT2D eigenvalue weighted by molar-refractivity contribution is 6.36. The molecular weight excluding hydrogens is 305 g/mol. The van der Waals surface area contributed by atoms with Gasteiger partial charge in [-0.15, -0.1) is 0 Å². The monoisotopic (exact) mass is 319 g/mol. The number of hydrogen-bond acceptors (Lipinski definition) is 5. The number of hydrazone groups is 1. The first-order chi connectivity index (χ1) is 11.7. The van der Waals surface area contributed by atoms with Crippen LogP contribution in [0.2, 0.25) is 0 Å². The van der Waals surface area contributed by atoms with Crippen molar-refractivity contribution >= 4 is 17.7 Å². The van der Waals surface area contributed by atoms with Crippen molar-refractivity contribution in [1.82, 2.24) is 9.97 Å². The number of aromatic nitrogens is 2. The zero-order valence-corrected chi connectivity index (χ0v) is 12.6. The van der Waals surface area contributed by atoms with Gasteiger partial charge >= 0.3 is 0 Å². The molecule has 3 aromatic rings. The standard InChI is InChI=1S/C18H14FN5/c19-15-11-13(7-8-14(15)17-5-1-3-9-21-17)16(20)12-23-24-18-6-2-4-10-22-18/h1-12,20H,(H,22,24)/b20-16?,23-12-. The van der Waals surface area contributed by atoms with Crippen molar-refractivity contribution in [2.24, 2.45) is 5.10 Å². The van der Waals surface area contributed by atoms with Crippen LogP contribution in [0, 0.1) is 11.2 Å². The third-order valence-electron chi connectivity index (χ3n) is 3.26. The van der Waals surface area contributed by atoms with Gasteiger partial charge in [0, 0.05) is 23.5 Å². The summed E-state index contributed by atoms with van der Waals surface area (Å²) in [7, 11) is 0. The number of pyridine rings is 2. The van der Waals surface area contributed by atoms with E-state index in [2.05, 4.69) is 20.5 Å². The van der Waals surface area contributed by atoms with Crippen molar-refractivity contribution in [3.8, 4) is 11.3 Å². The Bertz CT molecular complexity index is 863. The molecule has 0 saturated heterocycles. The Kier molecular flexibility index (Phi) is 4.67. The fourth-order valence-corrected chi connectivity index (χ4v) is 2.08. The van der Waals surface area contributed by atoms with Gasteiger partial charge in [0.25, 0.3) is 0 Å². The molecule has 0 spiro atoms. The summed E-state index contributed by atoms with van der Waals surface area (Å²) < 4.78 is 14.3. The quantitative estimate of drug-likeness (QED) is 0.555. The van der Waals surface area contributed by atoms with Gasteiger partial charge in [0.2, 0.25) is 0 Å². The van der Waals surface area contributed by atoms with E-state index in [1.807, 2.05) is 6.07 Å². The van der Waals surface area contributed by atoms with Crippen molar-refractivity contribution in [1.29, 1.82) is 5.41 Å². The van der Waals surface area contributed by atoms with Crippen molar-refractivity contribution in [2.75, 3.05) is 5.43 Å².